The van der Waals surface area contributed by atoms with Crippen molar-refractivity contribution in [2.24, 2.45) is 0 Å². The summed E-state index contributed by atoms with van der Waals surface area (Å²) < 4.78 is 17.1. The van der Waals surface area contributed by atoms with E-state index < -0.39 is 6.04 Å². The van der Waals surface area contributed by atoms with E-state index in [1.165, 1.54) is 0 Å². The molecular formula is C26H30N2O5. The molecule has 0 spiro atoms. The van der Waals surface area contributed by atoms with Crippen LogP contribution in [-0.4, -0.2) is 57.1 Å². The quantitative estimate of drug-likeness (QED) is 0.519. The highest BCUT2D eigenvalue weighted by Gasteiger charge is 2.43. The molecule has 2 aromatic carbocycles. The Balaban J connectivity index is 1.95. The van der Waals surface area contributed by atoms with Crippen LogP contribution in [0.1, 0.15) is 46.6 Å². The Hall–Kier alpha value is -3.32. The van der Waals surface area contributed by atoms with Crippen LogP contribution >= 0.6 is 0 Å². The summed E-state index contributed by atoms with van der Waals surface area (Å²) in [6.45, 7) is 3.32. The van der Waals surface area contributed by atoms with Crippen molar-refractivity contribution in [3.8, 4) is 11.5 Å². The van der Waals surface area contributed by atoms with E-state index in [9.17, 15) is 9.59 Å². The first-order chi connectivity index (χ1) is 15.9. The molecule has 0 saturated carbocycles. The molecule has 1 aliphatic heterocycles. The van der Waals surface area contributed by atoms with Crippen molar-refractivity contribution in [1.29, 1.82) is 0 Å². The first kappa shape index (κ1) is 22.9. The first-order valence-corrected chi connectivity index (χ1v) is 11.2. The molecule has 7 heteroatoms. The summed E-state index contributed by atoms with van der Waals surface area (Å²) >= 11 is 0. The summed E-state index contributed by atoms with van der Waals surface area (Å²) in [6.07, 6.45) is 1.55. The SMILES string of the molecule is CCc1ccc2oc3c(c(=O)c2c1)C(c1cc(OC)ccc1OC)N(CCCN(C)C)C3=O. The van der Waals surface area contributed by atoms with Crippen molar-refractivity contribution in [3.63, 3.8) is 0 Å². The van der Waals surface area contributed by atoms with Crippen molar-refractivity contribution in [3.05, 3.63) is 69.1 Å². The third kappa shape index (κ3) is 4.09. The van der Waals surface area contributed by atoms with Crippen LogP contribution in [0.25, 0.3) is 11.0 Å². The molecule has 1 aromatic heterocycles. The molecule has 1 aliphatic rings. The number of carbonyl (C=O) groups is 1. The number of carbonyl (C=O) groups excluding carboxylic acids is 1. The van der Waals surface area contributed by atoms with E-state index in [1.807, 2.05) is 39.2 Å². The second-order valence-electron chi connectivity index (χ2n) is 8.52. The lowest BCUT2D eigenvalue weighted by Crippen LogP contribution is -2.32. The zero-order chi connectivity index (χ0) is 23.7. The van der Waals surface area contributed by atoms with Crippen LogP contribution in [0.5, 0.6) is 11.5 Å². The lowest BCUT2D eigenvalue weighted by Gasteiger charge is -2.27. The van der Waals surface area contributed by atoms with Gasteiger partial charge in [0.2, 0.25) is 5.76 Å². The second kappa shape index (κ2) is 9.27. The van der Waals surface area contributed by atoms with E-state index in [0.717, 1.165) is 24.9 Å². The topological polar surface area (TPSA) is 72.2 Å². The van der Waals surface area contributed by atoms with E-state index in [0.29, 0.717) is 40.1 Å². The smallest absolute Gasteiger partial charge is 0.290 e. The molecule has 0 radical (unpaired) electrons. The Labute approximate surface area is 193 Å². The molecule has 2 heterocycles. The van der Waals surface area contributed by atoms with Gasteiger partial charge in [0, 0.05) is 12.1 Å². The molecule has 0 aliphatic carbocycles. The number of hydrogen-bond donors (Lipinski definition) is 0. The molecule has 33 heavy (non-hydrogen) atoms. The van der Waals surface area contributed by atoms with Crippen LogP contribution < -0.4 is 14.9 Å². The van der Waals surface area contributed by atoms with Crippen molar-refractivity contribution in [2.75, 3.05) is 41.4 Å². The third-order valence-electron chi connectivity index (χ3n) is 6.17. The maximum absolute atomic E-state index is 13.8. The molecule has 3 aromatic rings. The van der Waals surface area contributed by atoms with Crippen molar-refractivity contribution in [1.82, 2.24) is 9.80 Å². The van der Waals surface area contributed by atoms with Gasteiger partial charge in [-0.15, -0.1) is 0 Å². The van der Waals surface area contributed by atoms with E-state index in [2.05, 4.69) is 4.90 Å². The lowest BCUT2D eigenvalue weighted by atomic mass is 9.96. The van der Waals surface area contributed by atoms with Crippen LogP contribution in [-0.2, 0) is 6.42 Å². The van der Waals surface area contributed by atoms with E-state index in [-0.39, 0.29) is 17.1 Å². The average molecular weight is 451 g/mol. The van der Waals surface area contributed by atoms with Gasteiger partial charge in [-0.2, -0.15) is 0 Å². The van der Waals surface area contributed by atoms with Crippen LogP contribution in [0.15, 0.2) is 45.6 Å². The summed E-state index contributed by atoms with van der Waals surface area (Å²) in [7, 11) is 7.15. The number of hydrogen-bond acceptors (Lipinski definition) is 6. The molecular weight excluding hydrogens is 420 g/mol. The number of aryl methyl sites for hydroxylation is 1. The lowest BCUT2D eigenvalue weighted by molar-refractivity contribution is 0.0720. The summed E-state index contributed by atoms with van der Waals surface area (Å²) in [5.74, 6) is 1.04. The Kier molecular flexibility index (Phi) is 6.42. The summed E-state index contributed by atoms with van der Waals surface area (Å²) in [5, 5.41) is 0.489. The fourth-order valence-corrected chi connectivity index (χ4v) is 4.45. The van der Waals surface area contributed by atoms with Gasteiger partial charge in [-0.1, -0.05) is 13.0 Å². The largest absolute Gasteiger partial charge is 0.497 e. The monoisotopic (exact) mass is 450 g/mol. The number of rotatable bonds is 8. The number of ether oxygens (including phenoxy) is 2. The predicted octanol–water partition coefficient (Wildman–Crippen LogP) is 3.87. The number of methoxy groups -OCH3 is 2. The minimum Gasteiger partial charge on any atom is -0.497 e. The second-order valence-corrected chi connectivity index (χ2v) is 8.52. The van der Waals surface area contributed by atoms with Crippen LogP contribution in [0, 0.1) is 0 Å². The third-order valence-corrected chi connectivity index (χ3v) is 6.17. The average Bonchev–Trinajstić information content (AvgIpc) is 3.10. The van der Waals surface area contributed by atoms with Crippen molar-refractivity contribution in [2.45, 2.75) is 25.8 Å². The molecule has 0 bridgehead atoms. The minimum atomic E-state index is -0.620. The Bertz CT molecular complexity index is 1250. The van der Waals surface area contributed by atoms with E-state index in [4.69, 9.17) is 13.9 Å². The highest BCUT2D eigenvalue weighted by atomic mass is 16.5. The maximum atomic E-state index is 13.8. The zero-order valence-corrected chi connectivity index (χ0v) is 19.8. The van der Waals surface area contributed by atoms with Gasteiger partial charge >= 0.3 is 0 Å². The van der Waals surface area contributed by atoms with Crippen molar-refractivity contribution < 1.29 is 18.7 Å². The summed E-state index contributed by atoms with van der Waals surface area (Å²) in [4.78, 5) is 31.1. The minimum absolute atomic E-state index is 0.108. The fraction of sp³-hybridized carbons (Fsp3) is 0.385. The molecule has 0 fully saturated rings. The number of fused-ring (bicyclic) bond motifs is 2. The molecule has 7 nitrogen and oxygen atoms in total. The van der Waals surface area contributed by atoms with Crippen molar-refractivity contribution >= 4 is 16.9 Å². The predicted molar refractivity (Wildman–Crippen MR) is 127 cm³/mol. The van der Waals surface area contributed by atoms with Gasteiger partial charge in [-0.05, 0) is 69.4 Å². The first-order valence-electron chi connectivity index (χ1n) is 11.2. The Morgan fingerprint density at radius 1 is 1.06 bits per heavy atom. The van der Waals surface area contributed by atoms with Gasteiger partial charge in [0.15, 0.2) is 5.43 Å². The van der Waals surface area contributed by atoms with Gasteiger partial charge in [0.25, 0.3) is 5.91 Å². The number of nitrogens with zero attached hydrogens (tertiary/aromatic N) is 2. The van der Waals surface area contributed by atoms with E-state index in [1.54, 1.807) is 37.3 Å². The van der Waals surface area contributed by atoms with Gasteiger partial charge in [-0.25, -0.2) is 0 Å². The molecule has 1 amide bonds. The van der Waals surface area contributed by atoms with Crippen LogP contribution in [0.3, 0.4) is 0 Å². The molecule has 1 unspecified atom stereocenters. The van der Waals surface area contributed by atoms with E-state index >= 15 is 0 Å². The summed E-state index contributed by atoms with van der Waals surface area (Å²) in [6, 6.07) is 10.4. The van der Waals surface area contributed by atoms with Gasteiger partial charge in [0.05, 0.1) is 31.2 Å². The normalized spacial score (nSPS) is 15.4. The molecule has 4 rings (SSSR count). The number of benzene rings is 2. The zero-order valence-electron chi connectivity index (χ0n) is 19.8. The van der Waals surface area contributed by atoms with Gasteiger partial charge < -0.3 is 23.7 Å². The highest BCUT2D eigenvalue weighted by molar-refractivity contribution is 5.99. The van der Waals surface area contributed by atoms with Gasteiger partial charge in [-0.3, -0.25) is 9.59 Å². The summed E-state index contributed by atoms with van der Waals surface area (Å²) in [5.41, 5.74) is 2.34. The van der Waals surface area contributed by atoms with Crippen LogP contribution in [0.4, 0.5) is 0 Å². The number of amides is 1. The van der Waals surface area contributed by atoms with Crippen LogP contribution in [0.2, 0.25) is 0 Å². The van der Waals surface area contributed by atoms with Gasteiger partial charge in [0.1, 0.15) is 17.1 Å². The molecule has 1 atom stereocenters. The Morgan fingerprint density at radius 3 is 2.52 bits per heavy atom. The standard InChI is InChI=1S/C26H30N2O5/c1-6-16-8-10-21-19(14-16)24(29)22-23(18-15-17(31-4)9-11-20(18)32-5)28(13-7-12-27(2)3)26(30)25(22)33-21/h8-11,14-15,23H,6-7,12-13H2,1-5H3. The Morgan fingerprint density at radius 2 is 1.85 bits per heavy atom. The molecule has 174 valence electrons. The molecule has 0 saturated heterocycles. The highest BCUT2D eigenvalue weighted by Crippen LogP contribution is 2.42. The maximum Gasteiger partial charge on any atom is 0.290 e. The fourth-order valence-electron chi connectivity index (χ4n) is 4.45. The molecule has 0 N–H and O–H groups in total.